The molecule has 92 valence electrons. The summed E-state index contributed by atoms with van der Waals surface area (Å²) in [5.41, 5.74) is 1.48. The fraction of sp³-hybridized carbons (Fsp3) is 0.600. The van der Waals surface area contributed by atoms with Gasteiger partial charge in [-0.3, -0.25) is 0 Å². The molecule has 2 aliphatic rings. The Kier molecular flexibility index (Phi) is 3.17. The van der Waals surface area contributed by atoms with E-state index in [2.05, 4.69) is 42.6 Å². The summed E-state index contributed by atoms with van der Waals surface area (Å²) in [5, 5.41) is 3.64. The van der Waals surface area contributed by atoms with Crippen LogP contribution < -0.4 is 5.32 Å². The number of hydrogen-bond acceptors (Lipinski definition) is 2. The third-order valence-corrected chi connectivity index (χ3v) is 3.95. The molecule has 0 radical (unpaired) electrons. The van der Waals surface area contributed by atoms with Gasteiger partial charge in [0, 0.05) is 18.5 Å². The highest BCUT2D eigenvalue weighted by Gasteiger charge is 2.38. The monoisotopic (exact) mass is 231 g/mol. The van der Waals surface area contributed by atoms with E-state index in [1.807, 2.05) is 0 Å². The van der Waals surface area contributed by atoms with E-state index in [0.717, 1.165) is 12.5 Å². The zero-order valence-corrected chi connectivity index (χ0v) is 10.4. The summed E-state index contributed by atoms with van der Waals surface area (Å²) in [6, 6.07) is 11.5. The lowest BCUT2D eigenvalue weighted by Gasteiger charge is -2.12. The van der Waals surface area contributed by atoms with Crippen molar-refractivity contribution in [3.63, 3.8) is 0 Å². The second kappa shape index (κ2) is 4.79. The van der Waals surface area contributed by atoms with E-state index in [1.165, 1.54) is 24.8 Å². The van der Waals surface area contributed by atoms with Gasteiger partial charge in [-0.15, -0.1) is 0 Å². The fourth-order valence-electron chi connectivity index (χ4n) is 2.81. The Hall–Kier alpha value is -0.860. The van der Waals surface area contributed by atoms with Crippen LogP contribution in [0.3, 0.4) is 0 Å². The second-order valence-corrected chi connectivity index (χ2v) is 5.41. The molecule has 2 fully saturated rings. The van der Waals surface area contributed by atoms with Gasteiger partial charge >= 0.3 is 0 Å². The van der Waals surface area contributed by atoms with E-state index < -0.39 is 0 Å². The zero-order valence-electron chi connectivity index (χ0n) is 10.4. The lowest BCUT2D eigenvalue weighted by Crippen LogP contribution is -2.29. The maximum absolute atomic E-state index is 5.82. The average Bonchev–Trinajstić information content (AvgIpc) is 3.03. The summed E-state index contributed by atoms with van der Waals surface area (Å²) < 4.78 is 5.82. The van der Waals surface area contributed by atoms with Crippen LogP contribution in [0.15, 0.2) is 30.3 Å². The van der Waals surface area contributed by atoms with Crippen LogP contribution >= 0.6 is 0 Å². The summed E-state index contributed by atoms with van der Waals surface area (Å²) in [6.45, 7) is 3.20. The zero-order chi connectivity index (χ0) is 11.7. The molecule has 4 unspecified atom stereocenters. The summed E-state index contributed by atoms with van der Waals surface area (Å²) in [6.07, 6.45) is 4.63. The predicted octanol–water partition coefficient (Wildman–Crippen LogP) is 2.70. The van der Waals surface area contributed by atoms with Crippen LogP contribution in [-0.2, 0) is 4.74 Å². The lowest BCUT2D eigenvalue weighted by atomic mass is 10.1. The van der Waals surface area contributed by atoms with Crippen molar-refractivity contribution < 1.29 is 4.74 Å². The Bertz CT molecular complexity index is 364. The van der Waals surface area contributed by atoms with Gasteiger partial charge in [0.05, 0.1) is 12.2 Å². The number of hydrogen-bond donors (Lipinski definition) is 1. The maximum atomic E-state index is 5.82. The molecular formula is C15H21NO. The van der Waals surface area contributed by atoms with E-state index in [1.54, 1.807) is 0 Å². The molecule has 1 aromatic carbocycles. The van der Waals surface area contributed by atoms with E-state index in [0.29, 0.717) is 18.2 Å². The Balaban J connectivity index is 1.44. The van der Waals surface area contributed by atoms with Crippen LogP contribution in [0, 0.1) is 0 Å². The summed E-state index contributed by atoms with van der Waals surface area (Å²) in [5.74, 6) is 0.732. The molecule has 1 saturated heterocycles. The summed E-state index contributed by atoms with van der Waals surface area (Å²) in [7, 11) is 0. The molecule has 1 aliphatic carbocycles. The fourth-order valence-corrected chi connectivity index (χ4v) is 2.81. The van der Waals surface area contributed by atoms with Crippen molar-refractivity contribution in [1.82, 2.24) is 5.32 Å². The van der Waals surface area contributed by atoms with E-state index >= 15 is 0 Å². The van der Waals surface area contributed by atoms with Gasteiger partial charge in [0.2, 0.25) is 0 Å². The normalized spacial score (nSPS) is 36.1. The summed E-state index contributed by atoms with van der Waals surface area (Å²) in [4.78, 5) is 0. The van der Waals surface area contributed by atoms with Crippen molar-refractivity contribution in [2.75, 3.05) is 6.54 Å². The highest BCUT2D eigenvalue weighted by atomic mass is 16.5. The molecule has 0 amide bonds. The minimum Gasteiger partial charge on any atom is -0.374 e. The minimum absolute atomic E-state index is 0.446. The van der Waals surface area contributed by atoms with Gasteiger partial charge in [0.25, 0.3) is 0 Å². The van der Waals surface area contributed by atoms with Gasteiger partial charge in [0.1, 0.15) is 0 Å². The highest BCUT2D eigenvalue weighted by Crippen LogP contribution is 2.40. The molecule has 3 rings (SSSR count). The largest absolute Gasteiger partial charge is 0.374 e. The van der Waals surface area contributed by atoms with Crippen molar-refractivity contribution in [2.24, 2.45) is 0 Å². The first-order valence-corrected chi connectivity index (χ1v) is 6.76. The molecule has 1 N–H and O–H groups in total. The second-order valence-electron chi connectivity index (χ2n) is 5.41. The number of benzene rings is 1. The topological polar surface area (TPSA) is 21.3 Å². The molecule has 17 heavy (non-hydrogen) atoms. The van der Waals surface area contributed by atoms with Gasteiger partial charge in [-0.25, -0.2) is 0 Å². The Morgan fingerprint density at radius 1 is 1.24 bits per heavy atom. The Morgan fingerprint density at radius 3 is 2.76 bits per heavy atom. The average molecular weight is 231 g/mol. The van der Waals surface area contributed by atoms with Crippen LogP contribution in [0.25, 0.3) is 0 Å². The standard InChI is InChI=1S/C15H21NO/c1-11-7-8-13(17-11)10-16-15-9-14(15)12-5-3-2-4-6-12/h2-6,11,13-16H,7-10H2,1H3. The van der Waals surface area contributed by atoms with Crippen molar-refractivity contribution >= 4 is 0 Å². The quantitative estimate of drug-likeness (QED) is 0.860. The minimum atomic E-state index is 0.446. The van der Waals surface area contributed by atoms with Gasteiger partial charge in [-0.1, -0.05) is 30.3 Å². The molecule has 0 spiro atoms. The molecule has 1 heterocycles. The molecule has 0 aromatic heterocycles. The molecule has 2 heteroatoms. The van der Waals surface area contributed by atoms with E-state index in [4.69, 9.17) is 4.74 Å². The number of nitrogens with one attached hydrogen (secondary N) is 1. The molecule has 1 aromatic rings. The first-order valence-electron chi connectivity index (χ1n) is 6.76. The van der Waals surface area contributed by atoms with Crippen molar-refractivity contribution in [1.29, 1.82) is 0 Å². The van der Waals surface area contributed by atoms with Crippen molar-refractivity contribution in [2.45, 2.75) is 50.4 Å². The molecular weight excluding hydrogens is 210 g/mol. The third kappa shape index (κ3) is 2.70. The van der Waals surface area contributed by atoms with Crippen molar-refractivity contribution in [3.05, 3.63) is 35.9 Å². The van der Waals surface area contributed by atoms with Crippen molar-refractivity contribution in [3.8, 4) is 0 Å². The summed E-state index contributed by atoms with van der Waals surface area (Å²) >= 11 is 0. The van der Waals surface area contributed by atoms with Gasteiger partial charge in [0.15, 0.2) is 0 Å². The SMILES string of the molecule is CC1CCC(CNC2CC2c2ccccc2)O1. The lowest BCUT2D eigenvalue weighted by molar-refractivity contribution is 0.0558. The van der Waals surface area contributed by atoms with E-state index in [-0.39, 0.29) is 0 Å². The molecule has 4 atom stereocenters. The van der Waals surface area contributed by atoms with Gasteiger partial charge in [-0.2, -0.15) is 0 Å². The Labute approximate surface area is 103 Å². The van der Waals surface area contributed by atoms with Crippen LogP contribution in [-0.4, -0.2) is 24.8 Å². The highest BCUT2D eigenvalue weighted by molar-refractivity contribution is 5.27. The Morgan fingerprint density at radius 2 is 2.06 bits per heavy atom. The van der Waals surface area contributed by atoms with Crippen LogP contribution in [0.5, 0.6) is 0 Å². The van der Waals surface area contributed by atoms with Gasteiger partial charge in [-0.05, 0) is 31.7 Å². The van der Waals surface area contributed by atoms with Gasteiger partial charge < -0.3 is 10.1 Å². The molecule has 2 nitrogen and oxygen atoms in total. The molecule has 0 bridgehead atoms. The molecule has 1 saturated carbocycles. The number of rotatable bonds is 4. The number of ether oxygens (including phenoxy) is 1. The smallest absolute Gasteiger partial charge is 0.0704 e. The third-order valence-electron chi connectivity index (χ3n) is 3.95. The predicted molar refractivity (Wildman–Crippen MR) is 69.2 cm³/mol. The van der Waals surface area contributed by atoms with Crippen LogP contribution in [0.4, 0.5) is 0 Å². The van der Waals surface area contributed by atoms with Crippen LogP contribution in [0.2, 0.25) is 0 Å². The first-order chi connectivity index (χ1) is 8.33. The maximum Gasteiger partial charge on any atom is 0.0704 e. The van der Waals surface area contributed by atoms with Crippen LogP contribution in [0.1, 0.15) is 37.7 Å². The first kappa shape index (κ1) is 11.2. The van der Waals surface area contributed by atoms with E-state index in [9.17, 15) is 0 Å². The molecule has 1 aliphatic heterocycles.